The molecule has 0 saturated carbocycles. The van der Waals surface area contributed by atoms with E-state index in [1.807, 2.05) is 44.2 Å². The molecule has 2 amide bonds. The van der Waals surface area contributed by atoms with E-state index in [4.69, 9.17) is 10.5 Å². The summed E-state index contributed by atoms with van der Waals surface area (Å²) in [5, 5.41) is 6.95. The molecule has 0 bridgehead atoms. The predicted octanol–water partition coefficient (Wildman–Crippen LogP) is 1.97. The number of amides is 2. The van der Waals surface area contributed by atoms with Gasteiger partial charge in [-0.15, -0.1) is 12.4 Å². The van der Waals surface area contributed by atoms with Gasteiger partial charge in [0.1, 0.15) is 6.54 Å². The summed E-state index contributed by atoms with van der Waals surface area (Å²) in [5.41, 5.74) is 7.54. The van der Waals surface area contributed by atoms with Gasteiger partial charge in [0.25, 0.3) is 0 Å². The Hall–Kier alpha value is -2.42. The van der Waals surface area contributed by atoms with Crippen molar-refractivity contribution in [1.82, 2.24) is 14.7 Å². The molecular formula is C20H28ClN5O3. The summed E-state index contributed by atoms with van der Waals surface area (Å²) in [6.45, 7) is 5.19. The van der Waals surface area contributed by atoms with Gasteiger partial charge in [-0.1, -0.05) is 30.3 Å². The SMILES string of the molecule is CC1CN(C(=O)Cn2cc(NC(=O)CC(N)c3ccccc3)cn2)CC(C)O1.Cl. The van der Waals surface area contributed by atoms with Gasteiger partial charge in [-0.3, -0.25) is 14.3 Å². The van der Waals surface area contributed by atoms with E-state index >= 15 is 0 Å². The first-order valence-corrected chi connectivity index (χ1v) is 9.46. The van der Waals surface area contributed by atoms with Crippen molar-refractivity contribution >= 4 is 29.9 Å². The number of nitrogens with one attached hydrogen (secondary N) is 1. The Balaban J connectivity index is 0.00000300. The molecule has 0 radical (unpaired) electrons. The normalized spacial score (nSPS) is 19.9. The molecule has 0 spiro atoms. The van der Waals surface area contributed by atoms with E-state index in [1.165, 1.54) is 10.9 Å². The van der Waals surface area contributed by atoms with Crippen LogP contribution in [-0.4, -0.2) is 51.8 Å². The largest absolute Gasteiger partial charge is 0.372 e. The number of nitrogens with zero attached hydrogens (tertiary/aromatic N) is 3. The third kappa shape index (κ3) is 6.56. The Morgan fingerprint density at radius 2 is 1.90 bits per heavy atom. The average molecular weight is 422 g/mol. The molecule has 3 rings (SSSR count). The van der Waals surface area contributed by atoms with Crippen LogP contribution in [-0.2, 0) is 20.9 Å². The first kappa shape index (κ1) is 22.9. The number of carbonyl (C=O) groups excluding carboxylic acids is 2. The number of morpholine rings is 1. The third-order valence-corrected chi connectivity index (χ3v) is 4.62. The third-order valence-electron chi connectivity index (χ3n) is 4.62. The molecule has 0 aliphatic carbocycles. The highest BCUT2D eigenvalue weighted by Crippen LogP contribution is 2.15. The van der Waals surface area contributed by atoms with Crippen LogP contribution in [0.25, 0.3) is 0 Å². The monoisotopic (exact) mass is 421 g/mol. The second-order valence-electron chi connectivity index (χ2n) is 7.25. The van der Waals surface area contributed by atoms with Crippen LogP contribution < -0.4 is 11.1 Å². The number of hydrogen-bond donors (Lipinski definition) is 2. The molecule has 1 fully saturated rings. The van der Waals surface area contributed by atoms with E-state index in [1.54, 1.807) is 11.1 Å². The Morgan fingerprint density at radius 3 is 2.55 bits per heavy atom. The second-order valence-corrected chi connectivity index (χ2v) is 7.25. The molecule has 2 aromatic rings. The van der Waals surface area contributed by atoms with Gasteiger partial charge in [0.05, 0.1) is 24.1 Å². The molecule has 8 nitrogen and oxygen atoms in total. The minimum Gasteiger partial charge on any atom is -0.372 e. The fourth-order valence-corrected chi connectivity index (χ4v) is 3.36. The second kappa shape index (κ2) is 10.4. The quantitative estimate of drug-likeness (QED) is 0.742. The van der Waals surface area contributed by atoms with Gasteiger partial charge in [0, 0.05) is 31.7 Å². The van der Waals surface area contributed by atoms with Crippen molar-refractivity contribution in [3.63, 3.8) is 0 Å². The first-order valence-electron chi connectivity index (χ1n) is 9.46. The number of ether oxygens (including phenoxy) is 1. The summed E-state index contributed by atoms with van der Waals surface area (Å²) < 4.78 is 7.18. The lowest BCUT2D eigenvalue weighted by Gasteiger charge is -2.35. The number of rotatable bonds is 6. The van der Waals surface area contributed by atoms with E-state index in [2.05, 4.69) is 10.4 Å². The van der Waals surface area contributed by atoms with E-state index in [0.29, 0.717) is 18.8 Å². The van der Waals surface area contributed by atoms with Crippen LogP contribution >= 0.6 is 12.4 Å². The zero-order valence-electron chi connectivity index (χ0n) is 16.7. The highest BCUT2D eigenvalue weighted by Gasteiger charge is 2.26. The molecule has 1 aliphatic rings. The number of anilines is 1. The van der Waals surface area contributed by atoms with E-state index < -0.39 is 0 Å². The summed E-state index contributed by atoms with van der Waals surface area (Å²) in [5.74, 6) is -0.216. The van der Waals surface area contributed by atoms with E-state index in [9.17, 15) is 9.59 Å². The maximum absolute atomic E-state index is 12.5. The van der Waals surface area contributed by atoms with Crippen molar-refractivity contribution in [2.75, 3.05) is 18.4 Å². The van der Waals surface area contributed by atoms with E-state index in [-0.39, 0.29) is 55.4 Å². The van der Waals surface area contributed by atoms with Gasteiger partial charge in [0.2, 0.25) is 11.8 Å². The smallest absolute Gasteiger partial charge is 0.244 e. The summed E-state index contributed by atoms with van der Waals surface area (Å²) in [6, 6.07) is 9.12. The van der Waals surface area contributed by atoms with Crippen molar-refractivity contribution in [3.05, 3.63) is 48.3 Å². The molecule has 2 heterocycles. The van der Waals surface area contributed by atoms with Crippen molar-refractivity contribution in [2.24, 2.45) is 5.73 Å². The van der Waals surface area contributed by atoms with E-state index in [0.717, 1.165) is 5.56 Å². The lowest BCUT2D eigenvalue weighted by Crippen LogP contribution is -2.49. The molecule has 29 heavy (non-hydrogen) atoms. The molecule has 3 unspecified atom stereocenters. The number of hydrogen-bond acceptors (Lipinski definition) is 5. The Bertz CT molecular complexity index is 803. The lowest BCUT2D eigenvalue weighted by molar-refractivity contribution is -0.144. The minimum atomic E-state index is -0.372. The molecule has 1 saturated heterocycles. The first-order chi connectivity index (χ1) is 13.4. The minimum absolute atomic E-state index is 0. The lowest BCUT2D eigenvalue weighted by atomic mass is 10.0. The van der Waals surface area contributed by atoms with Crippen LogP contribution in [0.1, 0.15) is 31.9 Å². The maximum Gasteiger partial charge on any atom is 0.244 e. The van der Waals surface area contributed by atoms with Crippen molar-refractivity contribution in [3.8, 4) is 0 Å². The topological polar surface area (TPSA) is 102 Å². The number of halogens is 1. The summed E-state index contributed by atoms with van der Waals surface area (Å²) >= 11 is 0. The highest BCUT2D eigenvalue weighted by atomic mass is 35.5. The average Bonchev–Trinajstić information content (AvgIpc) is 3.08. The Kier molecular flexibility index (Phi) is 8.19. The number of benzene rings is 1. The van der Waals surface area contributed by atoms with Crippen LogP contribution in [0.2, 0.25) is 0 Å². The molecule has 1 aromatic heterocycles. The van der Waals surface area contributed by atoms with Crippen LogP contribution in [0.3, 0.4) is 0 Å². The maximum atomic E-state index is 12.5. The molecular weight excluding hydrogens is 394 g/mol. The fraction of sp³-hybridized carbons (Fsp3) is 0.450. The molecule has 3 N–H and O–H groups in total. The highest BCUT2D eigenvalue weighted by molar-refractivity contribution is 5.91. The summed E-state index contributed by atoms with van der Waals surface area (Å²) in [4.78, 5) is 26.5. The van der Waals surface area contributed by atoms with Crippen LogP contribution in [0, 0.1) is 0 Å². The van der Waals surface area contributed by atoms with Gasteiger partial charge in [-0.2, -0.15) is 5.10 Å². The molecule has 1 aliphatic heterocycles. The van der Waals surface area contributed by atoms with Gasteiger partial charge < -0.3 is 20.7 Å². The zero-order valence-corrected chi connectivity index (χ0v) is 17.5. The van der Waals surface area contributed by atoms with Crippen LogP contribution in [0.4, 0.5) is 5.69 Å². The van der Waals surface area contributed by atoms with Crippen molar-refractivity contribution in [2.45, 2.75) is 45.1 Å². The number of carbonyl (C=O) groups is 2. The standard InChI is InChI=1S/C20H27N5O3.ClH/c1-14-10-24(11-15(2)28-14)20(27)13-25-12-17(9-22-25)23-19(26)8-18(21)16-6-4-3-5-7-16;/h3-7,9,12,14-15,18H,8,10-11,13,21H2,1-2H3,(H,23,26);1H. The van der Waals surface area contributed by atoms with Crippen molar-refractivity contribution < 1.29 is 14.3 Å². The molecule has 9 heteroatoms. The summed E-state index contributed by atoms with van der Waals surface area (Å²) in [6.07, 6.45) is 3.39. The fourth-order valence-electron chi connectivity index (χ4n) is 3.36. The van der Waals surface area contributed by atoms with Gasteiger partial charge in [-0.05, 0) is 19.4 Å². The molecule has 3 atom stereocenters. The summed E-state index contributed by atoms with van der Waals surface area (Å²) in [7, 11) is 0. The van der Waals surface area contributed by atoms with Gasteiger partial charge in [0.15, 0.2) is 0 Å². The zero-order chi connectivity index (χ0) is 20.1. The van der Waals surface area contributed by atoms with Gasteiger partial charge in [-0.25, -0.2) is 0 Å². The molecule has 1 aromatic carbocycles. The molecule has 158 valence electrons. The Morgan fingerprint density at radius 1 is 1.24 bits per heavy atom. The predicted molar refractivity (Wildman–Crippen MR) is 113 cm³/mol. The van der Waals surface area contributed by atoms with Crippen LogP contribution in [0.5, 0.6) is 0 Å². The Labute approximate surface area is 176 Å². The number of aromatic nitrogens is 2. The van der Waals surface area contributed by atoms with Crippen LogP contribution in [0.15, 0.2) is 42.7 Å². The number of nitrogens with two attached hydrogens (primary N) is 1. The van der Waals surface area contributed by atoms with Gasteiger partial charge >= 0.3 is 0 Å². The van der Waals surface area contributed by atoms with Crippen molar-refractivity contribution in [1.29, 1.82) is 0 Å².